The Morgan fingerprint density at radius 3 is 1.61 bits per heavy atom. The van der Waals surface area contributed by atoms with E-state index in [9.17, 15) is 0 Å². The monoisotopic (exact) mass is 821 g/mol. The van der Waals surface area contributed by atoms with Crippen LogP contribution in [0.2, 0.25) is 0 Å². The highest BCUT2D eigenvalue weighted by atomic mass is 16.3. The van der Waals surface area contributed by atoms with Gasteiger partial charge in [-0.1, -0.05) is 79.4 Å². The zero-order chi connectivity index (χ0) is 42.7. The topological polar surface area (TPSA) is 61.7 Å². The molecule has 0 aliphatic carbocycles. The number of aromatic nitrogens is 5. The molecule has 6 heterocycles. The first-order chi connectivity index (χ1) is 31.6. The van der Waals surface area contributed by atoms with E-state index in [4.69, 9.17) is 14.4 Å². The Hall–Kier alpha value is -8.61. The van der Waals surface area contributed by atoms with Crippen molar-refractivity contribution in [3.63, 3.8) is 0 Å². The van der Waals surface area contributed by atoms with Gasteiger partial charge >= 0.3 is 0 Å². The van der Waals surface area contributed by atoms with E-state index in [1.54, 1.807) is 0 Å². The third-order valence-electron chi connectivity index (χ3n) is 12.4. The SMILES string of the molecule is C=C/C=C(\C=C/C)c1cccc(-c2ccc3c(c2)c2ncccc2n3-c2ccc3oc4ccc(-n5c6ccc(-c7cccc(-c8ccncc8)c7)cc6c6ncccc65)cc4c3c2)c1. The maximum absolute atomic E-state index is 6.51. The number of hydrogen-bond acceptors (Lipinski definition) is 4. The molecular weight excluding hydrogens is 783 g/mol. The van der Waals surface area contributed by atoms with Crippen molar-refractivity contribution in [2.75, 3.05) is 0 Å². The van der Waals surface area contributed by atoms with Crippen LogP contribution in [0.25, 0.3) is 116 Å². The minimum absolute atomic E-state index is 0.835. The molecule has 12 aromatic rings. The molecule has 0 saturated heterocycles. The van der Waals surface area contributed by atoms with Crippen LogP contribution in [0.15, 0.2) is 218 Å². The highest BCUT2D eigenvalue weighted by Crippen LogP contribution is 2.40. The van der Waals surface area contributed by atoms with Crippen molar-refractivity contribution < 1.29 is 4.42 Å². The Kier molecular flexibility index (Phi) is 8.76. The first-order valence-corrected chi connectivity index (χ1v) is 21.5. The van der Waals surface area contributed by atoms with Crippen LogP contribution in [-0.2, 0) is 0 Å². The number of fused-ring (bicyclic) bond motifs is 9. The van der Waals surface area contributed by atoms with Gasteiger partial charge < -0.3 is 13.6 Å². The molecule has 0 radical (unpaired) electrons. The molecule has 0 spiro atoms. The summed E-state index contributed by atoms with van der Waals surface area (Å²) in [6.45, 7) is 5.97. The predicted molar refractivity (Wildman–Crippen MR) is 265 cm³/mol. The molecule has 6 heteroatoms. The molecule has 0 aliphatic rings. The normalized spacial score (nSPS) is 12.2. The van der Waals surface area contributed by atoms with Crippen LogP contribution in [0.4, 0.5) is 0 Å². The maximum atomic E-state index is 6.51. The van der Waals surface area contributed by atoms with E-state index in [0.29, 0.717) is 0 Å². The summed E-state index contributed by atoms with van der Waals surface area (Å²) in [6, 6.07) is 56.2. The summed E-state index contributed by atoms with van der Waals surface area (Å²) in [6.07, 6.45) is 15.5. The van der Waals surface area contributed by atoms with Crippen LogP contribution in [0.5, 0.6) is 0 Å². The fourth-order valence-electron chi connectivity index (χ4n) is 9.47. The summed E-state index contributed by atoms with van der Waals surface area (Å²) in [5.74, 6) is 0. The molecule has 6 aromatic heterocycles. The lowest BCUT2D eigenvalue weighted by atomic mass is 9.97. The highest BCUT2D eigenvalue weighted by Gasteiger charge is 2.19. The Bertz CT molecular complexity index is 3880. The fourth-order valence-corrected chi connectivity index (χ4v) is 9.47. The van der Waals surface area contributed by atoms with Crippen molar-refractivity contribution in [3.05, 3.63) is 219 Å². The van der Waals surface area contributed by atoms with Crippen molar-refractivity contribution in [1.29, 1.82) is 0 Å². The molecule has 0 bridgehead atoms. The van der Waals surface area contributed by atoms with Crippen molar-refractivity contribution in [2.45, 2.75) is 6.92 Å². The number of benzene rings is 6. The quantitative estimate of drug-likeness (QED) is 0.143. The van der Waals surface area contributed by atoms with Crippen LogP contribution in [0, 0.1) is 0 Å². The van der Waals surface area contributed by atoms with Gasteiger partial charge in [0.25, 0.3) is 0 Å². The number of furan rings is 1. The third kappa shape index (κ3) is 6.07. The molecule has 302 valence electrons. The smallest absolute Gasteiger partial charge is 0.135 e. The van der Waals surface area contributed by atoms with E-state index >= 15 is 0 Å². The van der Waals surface area contributed by atoms with Crippen LogP contribution in [0.1, 0.15) is 12.5 Å². The minimum Gasteiger partial charge on any atom is -0.456 e. The van der Waals surface area contributed by atoms with Gasteiger partial charge in [-0.15, -0.1) is 0 Å². The van der Waals surface area contributed by atoms with Gasteiger partial charge in [-0.2, -0.15) is 0 Å². The Morgan fingerprint density at radius 2 is 1.03 bits per heavy atom. The van der Waals surface area contributed by atoms with Gasteiger partial charge in [-0.3, -0.25) is 15.0 Å². The van der Waals surface area contributed by atoms with E-state index in [0.717, 1.165) is 122 Å². The average molecular weight is 822 g/mol. The molecule has 0 aliphatic heterocycles. The number of nitrogens with zero attached hydrogens (tertiary/aromatic N) is 5. The zero-order valence-electron chi connectivity index (χ0n) is 35.0. The lowest BCUT2D eigenvalue weighted by Crippen LogP contribution is -1.94. The first-order valence-electron chi connectivity index (χ1n) is 21.5. The molecule has 6 nitrogen and oxygen atoms in total. The second-order valence-electron chi connectivity index (χ2n) is 16.1. The van der Waals surface area contributed by atoms with Gasteiger partial charge in [-0.25, -0.2) is 0 Å². The lowest BCUT2D eigenvalue weighted by molar-refractivity contribution is 0.669. The average Bonchev–Trinajstić information content (AvgIpc) is 4.01. The van der Waals surface area contributed by atoms with Gasteiger partial charge in [0.1, 0.15) is 11.2 Å². The number of allylic oxidation sites excluding steroid dienone is 5. The Balaban J connectivity index is 0.971. The van der Waals surface area contributed by atoms with Crippen molar-refractivity contribution in [1.82, 2.24) is 24.1 Å². The molecular formula is C58H39N5O. The molecule has 0 N–H and O–H groups in total. The number of rotatable bonds is 8. The maximum Gasteiger partial charge on any atom is 0.135 e. The van der Waals surface area contributed by atoms with Crippen LogP contribution in [-0.4, -0.2) is 24.1 Å². The largest absolute Gasteiger partial charge is 0.456 e. The van der Waals surface area contributed by atoms with Crippen LogP contribution < -0.4 is 0 Å². The van der Waals surface area contributed by atoms with Crippen LogP contribution in [0.3, 0.4) is 0 Å². The second-order valence-corrected chi connectivity index (χ2v) is 16.1. The van der Waals surface area contributed by atoms with Crippen molar-refractivity contribution in [3.8, 4) is 44.8 Å². The van der Waals surface area contributed by atoms with Gasteiger partial charge in [0.2, 0.25) is 0 Å². The lowest BCUT2D eigenvalue weighted by Gasteiger charge is -2.10. The number of hydrogen-bond donors (Lipinski definition) is 0. The molecule has 0 unspecified atom stereocenters. The Morgan fingerprint density at radius 1 is 0.484 bits per heavy atom. The number of pyridine rings is 3. The predicted octanol–water partition coefficient (Wildman–Crippen LogP) is 15.1. The van der Waals surface area contributed by atoms with Crippen molar-refractivity contribution >= 4 is 71.4 Å². The molecule has 0 saturated carbocycles. The van der Waals surface area contributed by atoms with E-state index in [-0.39, 0.29) is 0 Å². The van der Waals surface area contributed by atoms with Gasteiger partial charge in [0, 0.05) is 57.7 Å². The Labute approximate surface area is 369 Å². The second kappa shape index (κ2) is 15.1. The first kappa shape index (κ1) is 37.2. The summed E-state index contributed by atoms with van der Waals surface area (Å²) in [7, 11) is 0. The molecule has 0 amide bonds. The van der Waals surface area contributed by atoms with E-state index in [1.807, 2.05) is 68.1 Å². The zero-order valence-corrected chi connectivity index (χ0v) is 35.0. The van der Waals surface area contributed by atoms with Crippen molar-refractivity contribution in [2.24, 2.45) is 0 Å². The van der Waals surface area contributed by atoms with Gasteiger partial charge in [0.15, 0.2) is 0 Å². The molecule has 0 fully saturated rings. The van der Waals surface area contributed by atoms with Crippen LogP contribution >= 0.6 is 0 Å². The van der Waals surface area contributed by atoms with E-state index < -0.39 is 0 Å². The summed E-state index contributed by atoms with van der Waals surface area (Å²) in [5, 5.41) is 4.28. The molecule has 12 rings (SSSR count). The van der Waals surface area contributed by atoms with Gasteiger partial charge in [-0.05, 0) is 161 Å². The van der Waals surface area contributed by atoms with E-state index in [2.05, 4.69) is 166 Å². The summed E-state index contributed by atoms with van der Waals surface area (Å²) in [4.78, 5) is 14.1. The molecule has 0 atom stereocenters. The summed E-state index contributed by atoms with van der Waals surface area (Å²) < 4.78 is 11.2. The summed E-state index contributed by atoms with van der Waals surface area (Å²) >= 11 is 0. The molecule has 64 heavy (non-hydrogen) atoms. The van der Waals surface area contributed by atoms with E-state index in [1.165, 1.54) is 0 Å². The summed E-state index contributed by atoms with van der Waals surface area (Å²) in [5.41, 5.74) is 19.0. The fraction of sp³-hybridized carbons (Fsp3) is 0.0172. The van der Waals surface area contributed by atoms with Gasteiger partial charge in [0.05, 0.1) is 33.1 Å². The third-order valence-corrected chi connectivity index (χ3v) is 12.4. The highest BCUT2D eigenvalue weighted by molar-refractivity contribution is 6.12. The standard InChI is InChI=1S/C58H39N5O/c1-3-9-37(10-4-2)39-11-5-13-41(31-39)43-17-21-51-49(33-43)57-53(15-7-27-60-57)62(51)45-19-23-55-47(35-45)48-36-46(20-24-56(48)64-55)63-52-22-18-44(34-50(52)58-54(63)16-8-28-61-58)42-14-6-12-40(32-42)38-25-29-59-30-26-38/h3-36H,1H2,2H3/b10-4-,37-9+. The minimum atomic E-state index is 0.835. The molecule has 6 aromatic carbocycles.